The van der Waals surface area contributed by atoms with E-state index in [1.165, 1.54) is 30.3 Å². The Balaban J connectivity index is 1.70. The van der Waals surface area contributed by atoms with Gasteiger partial charge in [-0.2, -0.15) is 0 Å². The van der Waals surface area contributed by atoms with Crippen LogP contribution in [0, 0.1) is 18.6 Å². The molecule has 1 N–H and O–H groups in total. The van der Waals surface area contributed by atoms with Crippen LogP contribution in [0.2, 0.25) is 0 Å². The number of anilines is 1. The number of pyridine rings is 1. The summed E-state index contributed by atoms with van der Waals surface area (Å²) in [7, 11) is 0. The molecule has 1 aliphatic rings. The molecule has 1 aromatic heterocycles. The van der Waals surface area contributed by atoms with Crippen molar-refractivity contribution >= 4 is 22.7 Å². The number of hydrogen-bond donors (Lipinski definition) is 1. The van der Waals surface area contributed by atoms with Gasteiger partial charge in [-0.25, -0.2) is 13.6 Å². The smallest absolute Gasteiger partial charge is 0.410 e. The SMILES string of the molecule is CCc1cccc(C)c1-n1c(=O)cc(N2CCN(C(=O)OC(C)(C)C)CC2)c2cc(F)c(-c3c(O)cccc3F)cc21. The number of halogens is 2. The van der Waals surface area contributed by atoms with Crippen LogP contribution in [-0.2, 0) is 11.2 Å². The van der Waals surface area contributed by atoms with Crippen LogP contribution in [0.1, 0.15) is 38.8 Å². The number of hydrogen-bond acceptors (Lipinski definition) is 5. The molecule has 2 heterocycles. The van der Waals surface area contributed by atoms with Gasteiger partial charge in [-0.05, 0) is 69.5 Å². The highest BCUT2D eigenvalue weighted by Crippen LogP contribution is 2.38. The summed E-state index contributed by atoms with van der Waals surface area (Å²) in [6, 6.07) is 13.8. The second-order valence-corrected chi connectivity index (χ2v) is 11.6. The number of aryl methyl sites for hydroxylation is 2. The average Bonchev–Trinajstić information content (AvgIpc) is 2.92. The summed E-state index contributed by atoms with van der Waals surface area (Å²) in [5.41, 5.74) is 2.01. The first-order chi connectivity index (χ1) is 19.9. The molecule has 0 spiro atoms. The lowest BCUT2D eigenvalue weighted by molar-refractivity contribution is 0.0240. The van der Waals surface area contributed by atoms with E-state index in [9.17, 15) is 19.1 Å². The number of para-hydroxylation sites is 1. The zero-order valence-corrected chi connectivity index (χ0v) is 24.5. The summed E-state index contributed by atoms with van der Waals surface area (Å²) >= 11 is 0. The fraction of sp³-hybridized carbons (Fsp3) is 0.333. The maximum atomic E-state index is 15.8. The van der Waals surface area contributed by atoms with E-state index in [-0.39, 0.29) is 16.7 Å². The lowest BCUT2D eigenvalue weighted by Crippen LogP contribution is -2.50. The molecule has 0 unspecified atom stereocenters. The van der Waals surface area contributed by atoms with Crippen molar-refractivity contribution in [2.45, 2.75) is 46.6 Å². The van der Waals surface area contributed by atoms with Gasteiger partial charge in [0, 0.05) is 43.2 Å². The van der Waals surface area contributed by atoms with E-state index < -0.39 is 29.1 Å². The van der Waals surface area contributed by atoms with Gasteiger partial charge in [-0.3, -0.25) is 9.36 Å². The van der Waals surface area contributed by atoms with Gasteiger partial charge < -0.3 is 19.6 Å². The van der Waals surface area contributed by atoms with Crippen molar-refractivity contribution < 1.29 is 23.4 Å². The minimum absolute atomic E-state index is 0.148. The van der Waals surface area contributed by atoms with E-state index in [2.05, 4.69) is 0 Å². The van der Waals surface area contributed by atoms with Gasteiger partial charge in [0.1, 0.15) is 23.0 Å². The summed E-state index contributed by atoms with van der Waals surface area (Å²) in [6.45, 7) is 10.9. The van der Waals surface area contributed by atoms with Crippen molar-refractivity contribution in [3.05, 3.63) is 87.7 Å². The van der Waals surface area contributed by atoms with E-state index in [0.29, 0.717) is 54.9 Å². The number of aromatic nitrogens is 1. The number of ether oxygens (including phenoxy) is 1. The molecule has 0 bridgehead atoms. The average molecular weight is 576 g/mol. The molecule has 0 saturated carbocycles. The first-order valence-corrected chi connectivity index (χ1v) is 14.1. The zero-order chi connectivity index (χ0) is 30.3. The number of rotatable bonds is 4. The molecule has 1 amide bonds. The van der Waals surface area contributed by atoms with Crippen LogP contribution in [-0.4, -0.2) is 52.4 Å². The Morgan fingerprint density at radius 1 is 0.976 bits per heavy atom. The molecule has 42 heavy (non-hydrogen) atoms. The Kier molecular flexibility index (Phi) is 7.70. The predicted octanol–water partition coefficient (Wildman–Crippen LogP) is 6.57. The van der Waals surface area contributed by atoms with E-state index in [1.54, 1.807) is 9.47 Å². The quantitative estimate of drug-likeness (QED) is 0.298. The number of nitrogens with zero attached hydrogens (tertiary/aromatic N) is 3. The van der Waals surface area contributed by atoms with Gasteiger partial charge in [0.15, 0.2) is 0 Å². The van der Waals surface area contributed by atoms with Crippen molar-refractivity contribution in [3.8, 4) is 22.6 Å². The van der Waals surface area contributed by atoms with Crippen LogP contribution in [0.25, 0.3) is 27.7 Å². The maximum absolute atomic E-state index is 15.8. The van der Waals surface area contributed by atoms with Crippen molar-refractivity contribution in [1.82, 2.24) is 9.47 Å². The van der Waals surface area contributed by atoms with E-state index in [1.807, 2.05) is 57.7 Å². The Labute approximate surface area is 243 Å². The Morgan fingerprint density at radius 2 is 1.67 bits per heavy atom. The largest absolute Gasteiger partial charge is 0.507 e. The van der Waals surface area contributed by atoms with Crippen molar-refractivity contribution in [3.63, 3.8) is 0 Å². The fourth-order valence-corrected chi connectivity index (χ4v) is 5.57. The van der Waals surface area contributed by atoms with Gasteiger partial charge in [0.05, 0.1) is 22.5 Å². The molecule has 0 aliphatic carbocycles. The summed E-state index contributed by atoms with van der Waals surface area (Å²) in [6.07, 6.45) is 0.246. The van der Waals surface area contributed by atoms with Gasteiger partial charge in [-0.1, -0.05) is 31.2 Å². The molecule has 1 fully saturated rings. The molecule has 1 aliphatic heterocycles. The van der Waals surface area contributed by atoms with Crippen molar-refractivity contribution in [2.24, 2.45) is 0 Å². The highest BCUT2D eigenvalue weighted by Gasteiger charge is 2.28. The second kappa shape index (κ2) is 11.1. The molecule has 220 valence electrons. The van der Waals surface area contributed by atoms with Crippen molar-refractivity contribution in [1.29, 1.82) is 0 Å². The van der Waals surface area contributed by atoms with Gasteiger partial charge in [-0.15, -0.1) is 0 Å². The number of phenols is 1. The molecule has 9 heteroatoms. The number of aromatic hydroxyl groups is 1. The first kappa shape index (κ1) is 29.1. The highest BCUT2D eigenvalue weighted by molar-refractivity contribution is 5.96. The molecule has 0 atom stereocenters. The fourth-order valence-electron chi connectivity index (χ4n) is 5.57. The van der Waals surface area contributed by atoms with Crippen LogP contribution in [0.5, 0.6) is 5.75 Å². The number of phenolic OH excluding ortho intramolecular Hbond substituents is 1. The lowest BCUT2D eigenvalue weighted by Gasteiger charge is -2.37. The minimum atomic E-state index is -0.776. The molecule has 7 nitrogen and oxygen atoms in total. The summed E-state index contributed by atoms with van der Waals surface area (Å²) < 4.78 is 37.8. The maximum Gasteiger partial charge on any atom is 0.410 e. The second-order valence-electron chi connectivity index (χ2n) is 11.6. The third-order valence-corrected chi connectivity index (χ3v) is 7.54. The van der Waals surface area contributed by atoms with Crippen LogP contribution >= 0.6 is 0 Å². The molecule has 1 saturated heterocycles. The number of piperazine rings is 1. The van der Waals surface area contributed by atoms with Crippen LogP contribution in [0.3, 0.4) is 0 Å². The molecular weight excluding hydrogens is 540 g/mol. The molecule has 0 radical (unpaired) electrons. The number of carbonyl (C=O) groups excluding carboxylic acids is 1. The normalized spacial score (nSPS) is 14.0. The highest BCUT2D eigenvalue weighted by atomic mass is 19.1. The molecule has 4 aromatic rings. The van der Waals surface area contributed by atoms with Crippen LogP contribution < -0.4 is 10.5 Å². The number of fused-ring (bicyclic) bond motifs is 1. The Bertz CT molecular complexity index is 1710. The zero-order valence-electron chi connectivity index (χ0n) is 24.5. The lowest BCUT2D eigenvalue weighted by atomic mass is 9.99. The standard InChI is InChI=1S/C33H35F2N3O4/c1-6-21-10-7-9-20(2)31(21)38-27-18-22(30-24(34)11-8-12-28(30)39)25(35)17-23(27)26(19-29(38)40)36-13-15-37(16-14-36)32(41)42-33(3,4)5/h7-12,17-19,39H,6,13-16H2,1-5H3. The van der Waals surface area contributed by atoms with Gasteiger partial charge in [0.2, 0.25) is 0 Å². The summed E-state index contributed by atoms with van der Waals surface area (Å²) in [5, 5.41) is 10.9. The van der Waals surface area contributed by atoms with Crippen LogP contribution in [0.15, 0.2) is 59.4 Å². The topological polar surface area (TPSA) is 75.0 Å². The van der Waals surface area contributed by atoms with E-state index in [4.69, 9.17) is 4.74 Å². The third-order valence-electron chi connectivity index (χ3n) is 7.54. The predicted molar refractivity (Wildman–Crippen MR) is 161 cm³/mol. The third kappa shape index (κ3) is 5.43. The molecule has 5 rings (SSSR count). The van der Waals surface area contributed by atoms with Crippen molar-refractivity contribution in [2.75, 3.05) is 31.1 Å². The minimum Gasteiger partial charge on any atom is -0.507 e. The van der Waals surface area contributed by atoms with E-state index >= 15 is 4.39 Å². The molecular formula is C33H35F2N3O4. The summed E-state index contributed by atoms with van der Waals surface area (Å²) in [4.78, 5) is 30.1. The number of amides is 1. The van der Waals surface area contributed by atoms with Crippen LogP contribution in [0.4, 0.5) is 19.3 Å². The first-order valence-electron chi connectivity index (χ1n) is 14.1. The van der Waals surface area contributed by atoms with E-state index in [0.717, 1.165) is 17.2 Å². The Morgan fingerprint density at radius 3 is 2.31 bits per heavy atom. The monoisotopic (exact) mass is 575 g/mol. The summed E-state index contributed by atoms with van der Waals surface area (Å²) in [5.74, 6) is -1.91. The van der Waals surface area contributed by atoms with Gasteiger partial charge in [0.25, 0.3) is 5.56 Å². The van der Waals surface area contributed by atoms with Gasteiger partial charge >= 0.3 is 6.09 Å². The number of carbonyl (C=O) groups is 1. The Hall–Kier alpha value is -4.40. The number of benzene rings is 3. The molecule has 3 aromatic carbocycles.